The van der Waals surface area contributed by atoms with E-state index in [0.717, 1.165) is 18.2 Å². The average Bonchev–Trinajstić information content (AvgIpc) is 3.09. The van der Waals surface area contributed by atoms with Gasteiger partial charge in [-0.1, -0.05) is 13.8 Å². The SMILES string of the molecule is CNc1cncc(N(CC(C)C)C2CC2)n1. The molecule has 1 heterocycles. The van der Waals surface area contributed by atoms with Crippen molar-refractivity contribution in [2.24, 2.45) is 5.92 Å². The lowest BCUT2D eigenvalue weighted by Gasteiger charge is -2.25. The van der Waals surface area contributed by atoms with E-state index >= 15 is 0 Å². The molecule has 0 saturated heterocycles. The van der Waals surface area contributed by atoms with Crippen molar-refractivity contribution >= 4 is 11.6 Å². The molecule has 16 heavy (non-hydrogen) atoms. The van der Waals surface area contributed by atoms with Crippen LogP contribution in [-0.2, 0) is 0 Å². The standard InChI is InChI=1S/C12H20N4/c1-9(2)8-16(10-4-5-10)12-7-14-6-11(13-3)15-12/h6-7,9-10H,4-5,8H2,1-3H3,(H,13,15). The first-order valence-corrected chi connectivity index (χ1v) is 5.97. The highest BCUT2D eigenvalue weighted by molar-refractivity contribution is 5.45. The van der Waals surface area contributed by atoms with Gasteiger partial charge in [0.05, 0.1) is 12.4 Å². The third-order valence-corrected chi connectivity index (χ3v) is 2.72. The molecule has 1 saturated carbocycles. The third kappa shape index (κ3) is 2.62. The largest absolute Gasteiger partial charge is 0.372 e. The predicted octanol–water partition coefficient (Wildman–Crippen LogP) is 2.14. The number of nitrogens with one attached hydrogen (secondary N) is 1. The van der Waals surface area contributed by atoms with Gasteiger partial charge in [0.1, 0.15) is 11.6 Å². The Kier molecular flexibility index (Phi) is 3.27. The quantitative estimate of drug-likeness (QED) is 0.825. The minimum Gasteiger partial charge on any atom is -0.372 e. The molecule has 0 atom stereocenters. The summed E-state index contributed by atoms with van der Waals surface area (Å²) in [5.74, 6) is 2.50. The van der Waals surface area contributed by atoms with E-state index in [1.165, 1.54) is 12.8 Å². The Hall–Kier alpha value is -1.32. The first kappa shape index (κ1) is 11.2. The topological polar surface area (TPSA) is 41.1 Å². The maximum absolute atomic E-state index is 4.56. The fraction of sp³-hybridized carbons (Fsp3) is 0.667. The zero-order valence-electron chi connectivity index (χ0n) is 10.3. The number of aromatic nitrogens is 2. The van der Waals surface area contributed by atoms with E-state index in [9.17, 15) is 0 Å². The van der Waals surface area contributed by atoms with E-state index in [4.69, 9.17) is 0 Å². The lowest BCUT2D eigenvalue weighted by atomic mass is 10.2. The average molecular weight is 220 g/mol. The molecule has 0 amide bonds. The van der Waals surface area contributed by atoms with Gasteiger partial charge in [-0.3, -0.25) is 4.98 Å². The highest BCUT2D eigenvalue weighted by Gasteiger charge is 2.30. The molecule has 0 aliphatic heterocycles. The van der Waals surface area contributed by atoms with Crippen LogP contribution in [-0.4, -0.2) is 29.6 Å². The van der Waals surface area contributed by atoms with Crippen molar-refractivity contribution in [2.45, 2.75) is 32.7 Å². The second-order valence-corrected chi connectivity index (χ2v) is 4.79. The molecule has 4 nitrogen and oxygen atoms in total. The fourth-order valence-corrected chi connectivity index (χ4v) is 1.82. The van der Waals surface area contributed by atoms with Crippen LogP contribution in [0.1, 0.15) is 26.7 Å². The van der Waals surface area contributed by atoms with Gasteiger partial charge in [-0.05, 0) is 18.8 Å². The van der Waals surface area contributed by atoms with Gasteiger partial charge in [0.25, 0.3) is 0 Å². The van der Waals surface area contributed by atoms with Crippen molar-refractivity contribution in [2.75, 3.05) is 23.8 Å². The highest BCUT2D eigenvalue weighted by Crippen LogP contribution is 2.31. The van der Waals surface area contributed by atoms with Crippen LogP contribution < -0.4 is 10.2 Å². The number of nitrogens with zero attached hydrogens (tertiary/aromatic N) is 3. The summed E-state index contributed by atoms with van der Waals surface area (Å²) in [4.78, 5) is 11.2. The summed E-state index contributed by atoms with van der Waals surface area (Å²) >= 11 is 0. The molecule has 1 aromatic rings. The maximum Gasteiger partial charge on any atom is 0.149 e. The summed E-state index contributed by atoms with van der Waals surface area (Å²) in [5.41, 5.74) is 0. The second kappa shape index (κ2) is 4.68. The summed E-state index contributed by atoms with van der Waals surface area (Å²) in [7, 11) is 1.87. The monoisotopic (exact) mass is 220 g/mol. The van der Waals surface area contributed by atoms with E-state index in [2.05, 4.69) is 34.0 Å². The lowest BCUT2D eigenvalue weighted by molar-refractivity contribution is 0.602. The van der Waals surface area contributed by atoms with Crippen LogP contribution >= 0.6 is 0 Å². The zero-order chi connectivity index (χ0) is 11.5. The Bertz CT molecular complexity index is 347. The molecule has 0 radical (unpaired) electrons. The minimum atomic E-state index is 0.653. The number of hydrogen-bond acceptors (Lipinski definition) is 4. The van der Waals surface area contributed by atoms with E-state index in [0.29, 0.717) is 12.0 Å². The smallest absolute Gasteiger partial charge is 0.149 e. The van der Waals surface area contributed by atoms with Gasteiger partial charge in [-0.25, -0.2) is 4.98 Å². The lowest BCUT2D eigenvalue weighted by Crippen LogP contribution is -2.30. The minimum absolute atomic E-state index is 0.653. The Morgan fingerprint density at radius 3 is 2.75 bits per heavy atom. The van der Waals surface area contributed by atoms with Gasteiger partial charge in [-0.15, -0.1) is 0 Å². The molecule has 1 aromatic heterocycles. The van der Waals surface area contributed by atoms with Crippen LogP contribution in [0, 0.1) is 5.92 Å². The molecule has 0 aromatic carbocycles. The van der Waals surface area contributed by atoms with Gasteiger partial charge in [0.15, 0.2) is 0 Å². The Morgan fingerprint density at radius 1 is 1.44 bits per heavy atom. The van der Waals surface area contributed by atoms with Crippen LogP contribution in [0.2, 0.25) is 0 Å². The molecular formula is C12H20N4. The number of anilines is 2. The van der Waals surface area contributed by atoms with Crippen LogP contribution in [0.25, 0.3) is 0 Å². The summed E-state index contributed by atoms with van der Waals surface area (Å²) in [6, 6.07) is 0.684. The Balaban J connectivity index is 2.16. The molecule has 1 N–H and O–H groups in total. The van der Waals surface area contributed by atoms with Crippen molar-refractivity contribution in [1.82, 2.24) is 9.97 Å². The maximum atomic E-state index is 4.56. The third-order valence-electron chi connectivity index (χ3n) is 2.72. The summed E-state index contributed by atoms with van der Waals surface area (Å²) in [6.45, 7) is 5.54. The molecule has 2 rings (SSSR count). The Labute approximate surface area is 97.1 Å². The summed E-state index contributed by atoms with van der Waals surface area (Å²) in [5, 5.41) is 3.03. The number of hydrogen-bond donors (Lipinski definition) is 1. The molecule has 1 aliphatic carbocycles. The molecule has 88 valence electrons. The van der Waals surface area contributed by atoms with Crippen LogP contribution in [0.5, 0.6) is 0 Å². The summed E-state index contributed by atoms with van der Waals surface area (Å²) in [6.07, 6.45) is 6.20. The van der Waals surface area contributed by atoms with E-state index in [-0.39, 0.29) is 0 Å². The van der Waals surface area contributed by atoms with Crippen molar-refractivity contribution in [3.05, 3.63) is 12.4 Å². The van der Waals surface area contributed by atoms with Crippen LogP contribution in [0.4, 0.5) is 11.6 Å². The predicted molar refractivity (Wildman–Crippen MR) is 66.8 cm³/mol. The zero-order valence-corrected chi connectivity index (χ0v) is 10.3. The summed E-state index contributed by atoms with van der Waals surface area (Å²) < 4.78 is 0. The molecule has 0 spiro atoms. The van der Waals surface area contributed by atoms with Crippen molar-refractivity contribution in [3.8, 4) is 0 Å². The van der Waals surface area contributed by atoms with Gasteiger partial charge in [-0.2, -0.15) is 0 Å². The van der Waals surface area contributed by atoms with Gasteiger partial charge < -0.3 is 10.2 Å². The van der Waals surface area contributed by atoms with Gasteiger partial charge in [0, 0.05) is 19.6 Å². The first-order chi connectivity index (χ1) is 7.70. The van der Waals surface area contributed by atoms with Crippen molar-refractivity contribution in [1.29, 1.82) is 0 Å². The fourth-order valence-electron chi connectivity index (χ4n) is 1.82. The molecule has 4 heteroatoms. The molecule has 0 bridgehead atoms. The second-order valence-electron chi connectivity index (χ2n) is 4.79. The highest BCUT2D eigenvalue weighted by atomic mass is 15.3. The van der Waals surface area contributed by atoms with Crippen molar-refractivity contribution < 1.29 is 0 Å². The Morgan fingerprint density at radius 2 is 2.19 bits per heavy atom. The molecular weight excluding hydrogens is 200 g/mol. The normalized spacial score (nSPS) is 15.2. The van der Waals surface area contributed by atoms with Crippen LogP contribution in [0.15, 0.2) is 12.4 Å². The molecule has 1 fully saturated rings. The van der Waals surface area contributed by atoms with E-state index in [1.54, 1.807) is 6.20 Å². The first-order valence-electron chi connectivity index (χ1n) is 5.97. The van der Waals surface area contributed by atoms with E-state index in [1.807, 2.05) is 13.2 Å². The van der Waals surface area contributed by atoms with Crippen LogP contribution in [0.3, 0.4) is 0 Å². The van der Waals surface area contributed by atoms with Gasteiger partial charge in [0.2, 0.25) is 0 Å². The van der Waals surface area contributed by atoms with Crippen molar-refractivity contribution in [3.63, 3.8) is 0 Å². The van der Waals surface area contributed by atoms with Gasteiger partial charge >= 0.3 is 0 Å². The molecule has 1 aliphatic rings. The van der Waals surface area contributed by atoms with E-state index < -0.39 is 0 Å². The number of rotatable bonds is 5. The molecule has 0 unspecified atom stereocenters.